The average Bonchev–Trinajstić information content (AvgIpc) is 2.29. The van der Waals surface area contributed by atoms with Crippen molar-refractivity contribution in [3.05, 3.63) is 0 Å². The van der Waals surface area contributed by atoms with Gasteiger partial charge in [0.15, 0.2) is 0 Å². The van der Waals surface area contributed by atoms with Gasteiger partial charge in [-0.2, -0.15) is 0 Å². The number of hydrogen-bond acceptors (Lipinski definition) is 3. The van der Waals surface area contributed by atoms with Crippen molar-refractivity contribution >= 4 is 0 Å². The van der Waals surface area contributed by atoms with Gasteiger partial charge in [-0.1, -0.05) is 20.8 Å². The molecule has 3 nitrogen and oxygen atoms in total. The van der Waals surface area contributed by atoms with E-state index in [0.717, 1.165) is 32.8 Å². The van der Waals surface area contributed by atoms with Crippen LogP contribution >= 0.6 is 0 Å². The summed E-state index contributed by atoms with van der Waals surface area (Å²) in [7, 11) is 0. The van der Waals surface area contributed by atoms with Crippen LogP contribution in [-0.2, 0) is 4.74 Å². The van der Waals surface area contributed by atoms with Crippen molar-refractivity contribution in [3.63, 3.8) is 0 Å². The van der Waals surface area contributed by atoms with Gasteiger partial charge in [0.1, 0.15) is 0 Å². The molecule has 102 valence electrons. The Labute approximate surface area is 107 Å². The Kier molecular flexibility index (Phi) is 5.90. The lowest BCUT2D eigenvalue weighted by Crippen LogP contribution is -2.64. The predicted octanol–water partition coefficient (Wildman–Crippen LogP) is 2.12. The molecule has 0 aromatic heterocycles. The fourth-order valence-electron chi connectivity index (χ4n) is 2.57. The molecule has 1 heterocycles. The highest BCUT2D eigenvalue weighted by Crippen LogP contribution is 2.22. The Bertz CT molecular complexity index is 220. The summed E-state index contributed by atoms with van der Waals surface area (Å²) in [4.78, 5) is 2.61. The van der Waals surface area contributed by atoms with Crippen LogP contribution in [0.25, 0.3) is 0 Å². The maximum absolute atomic E-state index is 5.50. The maximum atomic E-state index is 5.50. The van der Waals surface area contributed by atoms with Gasteiger partial charge in [0.2, 0.25) is 0 Å². The summed E-state index contributed by atoms with van der Waals surface area (Å²) in [6.07, 6.45) is 1.18. The normalized spacial score (nSPS) is 31.1. The summed E-state index contributed by atoms with van der Waals surface area (Å²) in [6.45, 7) is 16.3. The molecule has 0 saturated carbocycles. The molecule has 0 radical (unpaired) electrons. The minimum absolute atomic E-state index is 0.275. The van der Waals surface area contributed by atoms with Gasteiger partial charge in [-0.05, 0) is 26.2 Å². The number of piperazine rings is 1. The first-order valence-corrected chi connectivity index (χ1v) is 7.09. The minimum Gasteiger partial charge on any atom is -0.380 e. The summed E-state index contributed by atoms with van der Waals surface area (Å²) >= 11 is 0. The van der Waals surface area contributed by atoms with Crippen LogP contribution in [0.2, 0.25) is 0 Å². The van der Waals surface area contributed by atoms with Gasteiger partial charge in [-0.15, -0.1) is 0 Å². The van der Waals surface area contributed by atoms with Gasteiger partial charge in [0.25, 0.3) is 0 Å². The topological polar surface area (TPSA) is 24.5 Å². The second-order valence-electron chi connectivity index (χ2n) is 5.77. The molecule has 2 atom stereocenters. The molecule has 0 spiro atoms. The fourth-order valence-corrected chi connectivity index (χ4v) is 2.57. The van der Waals surface area contributed by atoms with Crippen molar-refractivity contribution < 1.29 is 4.74 Å². The number of nitrogens with zero attached hydrogens (tertiary/aromatic N) is 1. The molecular weight excluding hydrogens is 212 g/mol. The van der Waals surface area contributed by atoms with Gasteiger partial charge in [-0.3, -0.25) is 4.90 Å². The Morgan fingerprint density at radius 1 is 1.41 bits per heavy atom. The number of hydrogen-bond donors (Lipinski definition) is 1. The summed E-state index contributed by atoms with van der Waals surface area (Å²) in [5.41, 5.74) is 0.275. The lowest BCUT2D eigenvalue weighted by molar-refractivity contribution is 0.0306. The van der Waals surface area contributed by atoms with Crippen LogP contribution in [0.4, 0.5) is 0 Å². The van der Waals surface area contributed by atoms with E-state index >= 15 is 0 Å². The molecule has 0 aliphatic carbocycles. The average molecular weight is 242 g/mol. The van der Waals surface area contributed by atoms with Crippen LogP contribution in [0.1, 0.15) is 41.0 Å². The van der Waals surface area contributed by atoms with E-state index in [4.69, 9.17) is 4.74 Å². The van der Waals surface area contributed by atoms with Crippen LogP contribution < -0.4 is 5.32 Å². The van der Waals surface area contributed by atoms with Crippen molar-refractivity contribution in [1.29, 1.82) is 0 Å². The third kappa shape index (κ3) is 4.23. The van der Waals surface area contributed by atoms with Gasteiger partial charge in [0, 0.05) is 37.8 Å². The number of nitrogens with one attached hydrogen (secondary N) is 1. The quantitative estimate of drug-likeness (QED) is 0.722. The number of ether oxygens (including phenoxy) is 1. The Morgan fingerprint density at radius 3 is 2.65 bits per heavy atom. The Hall–Kier alpha value is -0.120. The molecule has 3 heteroatoms. The molecular formula is C14H30N2O. The van der Waals surface area contributed by atoms with E-state index in [2.05, 4.69) is 44.8 Å². The minimum atomic E-state index is 0.275. The maximum Gasteiger partial charge on any atom is 0.0593 e. The summed E-state index contributed by atoms with van der Waals surface area (Å²) in [5.74, 6) is 0.700. The molecule has 0 aromatic carbocycles. The van der Waals surface area contributed by atoms with Gasteiger partial charge < -0.3 is 10.1 Å². The van der Waals surface area contributed by atoms with E-state index < -0.39 is 0 Å². The lowest BCUT2D eigenvalue weighted by Gasteiger charge is -2.47. The van der Waals surface area contributed by atoms with E-state index in [1.54, 1.807) is 0 Å². The first-order valence-electron chi connectivity index (χ1n) is 7.09. The SMILES string of the molecule is CCOCCN1CC(C)(CC)NCC1C(C)C. The highest BCUT2D eigenvalue weighted by atomic mass is 16.5. The third-order valence-corrected chi connectivity index (χ3v) is 4.04. The molecule has 1 saturated heterocycles. The standard InChI is InChI=1S/C14H30N2O/c1-6-14(5)11-16(8-9-17-7-2)13(10-15-14)12(3)4/h12-13,15H,6-11H2,1-5H3. The van der Waals surface area contributed by atoms with Crippen molar-refractivity contribution in [1.82, 2.24) is 10.2 Å². The van der Waals surface area contributed by atoms with Crippen molar-refractivity contribution in [2.24, 2.45) is 5.92 Å². The zero-order chi connectivity index (χ0) is 12.9. The molecule has 1 aliphatic heterocycles. The lowest BCUT2D eigenvalue weighted by atomic mass is 9.90. The van der Waals surface area contributed by atoms with Crippen LogP contribution in [0.5, 0.6) is 0 Å². The Balaban J connectivity index is 2.56. The van der Waals surface area contributed by atoms with E-state index in [1.165, 1.54) is 6.42 Å². The molecule has 17 heavy (non-hydrogen) atoms. The van der Waals surface area contributed by atoms with E-state index in [1.807, 2.05) is 0 Å². The van der Waals surface area contributed by atoms with Gasteiger partial charge in [0.05, 0.1) is 6.61 Å². The third-order valence-electron chi connectivity index (χ3n) is 4.04. The second kappa shape index (κ2) is 6.72. The van der Waals surface area contributed by atoms with E-state index in [-0.39, 0.29) is 5.54 Å². The summed E-state index contributed by atoms with van der Waals surface area (Å²) in [5, 5.41) is 3.71. The zero-order valence-corrected chi connectivity index (χ0v) is 12.3. The molecule has 0 bridgehead atoms. The van der Waals surface area contributed by atoms with E-state index in [9.17, 15) is 0 Å². The largest absolute Gasteiger partial charge is 0.380 e. The first-order chi connectivity index (χ1) is 8.02. The summed E-state index contributed by atoms with van der Waals surface area (Å²) < 4.78 is 5.50. The highest BCUT2D eigenvalue weighted by Gasteiger charge is 2.35. The van der Waals surface area contributed by atoms with Crippen molar-refractivity contribution in [2.45, 2.75) is 52.6 Å². The molecule has 1 aliphatic rings. The smallest absolute Gasteiger partial charge is 0.0593 e. The summed E-state index contributed by atoms with van der Waals surface area (Å²) in [6, 6.07) is 0.648. The molecule has 0 amide bonds. The predicted molar refractivity (Wildman–Crippen MR) is 73.4 cm³/mol. The Morgan fingerprint density at radius 2 is 2.12 bits per heavy atom. The van der Waals surface area contributed by atoms with Crippen LogP contribution in [-0.4, -0.2) is 49.3 Å². The molecule has 1 fully saturated rings. The van der Waals surface area contributed by atoms with Gasteiger partial charge >= 0.3 is 0 Å². The van der Waals surface area contributed by atoms with Crippen molar-refractivity contribution in [2.75, 3.05) is 32.8 Å². The second-order valence-corrected chi connectivity index (χ2v) is 5.77. The molecule has 2 unspecified atom stereocenters. The van der Waals surface area contributed by atoms with Crippen LogP contribution in [0.15, 0.2) is 0 Å². The molecule has 1 N–H and O–H groups in total. The van der Waals surface area contributed by atoms with E-state index in [0.29, 0.717) is 12.0 Å². The fraction of sp³-hybridized carbons (Fsp3) is 1.00. The monoisotopic (exact) mass is 242 g/mol. The zero-order valence-electron chi connectivity index (χ0n) is 12.3. The molecule has 1 rings (SSSR count). The highest BCUT2D eigenvalue weighted by molar-refractivity contribution is 4.95. The van der Waals surface area contributed by atoms with Crippen molar-refractivity contribution in [3.8, 4) is 0 Å². The molecule has 0 aromatic rings. The first kappa shape index (κ1) is 14.9. The van der Waals surface area contributed by atoms with Crippen LogP contribution in [0, 0.1) is 5.92 Å². The van der Waals surface area contributed by atoms with Crippen LogP contribution in [0.3, 0.4) is 0 Å². The van der Waals surface area contributed by atoms with Gasteiger partial charge in [-0.25, -0.2) is 0 Å². The number of rotatable bonds is 6.